The number of benzene rings is 1. The first kappa shape index (κ1) is 11.4. The summed E-state index contributed by atoms with van der Waals surface area (Å²) in [7, 11) is 0. The van der Waals surface area contributed by atoms with E-state index < -0.39 is 17.5 Å². The Hall–Kier alpha value is -2.11. The average molecular weight is 239 g/mol. The van der Waals surface area contributed by atoms with Crippen LogP contribution in [0.2, 0.25) is 0 Å². The van der Waals surface area contributed by atoms with Gasteiger partial charge in [-0.25, -0.2) is 9.97 Å². The molecule has 0 unspecified atom stereocenters. The van der Waals surface area contributed by atoms with E-state index in [0.29, 0.717) is 0 Å². The van der Waals surface area contributed by atoms with Crippen molar-refractivity contribution in [2.75, 3.05) is 0 Å². The standard InChI is InChI=1S/C11H7F3N2O/c12-11(13,14)7-2-3-9(17)8(6-7)10-15-4-1-5-16-10/h1-6,17H/p-1. The lowest BCUT2D eigenvalue weighted by atomic mass is 10.1. The number of rotatable bonds is 1. The van der Waals surface area contributed by atoms with Gasteiger partial charge in [-0.2, -0.15) is 13.2 Å². The third kappa shape index (κ3) is 2.35. The average Bonchev–Trinajstić information content (AvgIpc) is 2.29. The van der Waals surface area contributed by atoms with Gasteiger partial charge in [0.2, 0.25) is 0 Å². The Labute approximate surface area is 94.6 Å². The molecule has 1 aromatic carbocycles. The first-order chi connectivity index (χ1) is 7.98. The monoisotopic (exact) mass is 239 g/mol. The molecule has 0 fully saturated rings. The lowest BCUT2D eigenvalue weighted by molar-refractivity contribution is -0.267. The van der Waals surface area contributed by atoms with Gasteiger partial charge in [-0.05, 0) is 12.1 Å². The van der Waals surface area contributed by atoms with Crippen LogP contribution in [0.3, 0.4) is 0 Å². The van der Waals surface area contributed by atoms with E-state index in [1.807, 2.05) is 0 Å². The zero-order chi connectivity index (χ0) is 12.5. The Kier molecular flexibility index (Phi) is 2.71. The predicted octanol–water partition coefficient (Wildman–Crippen LogP) is 2.24. The van der Waals surface area contributed by atoms with E-state index in [2.05, 4.69) is 9.97 Å². The fourth-order valence-corrected chi connectivity index (χ4v) is 1.32. The molecular formula is C11H6F3N2O-. The third-order valence-corrected chi connectivity index (χ3v) is 2.11. The molecule has 0 saturated heterocycles. The van der Waals surface area contributed by atoms with Crippen LogP contribution in [0, 0.1) is 0 Å². The van der Waals surface area contributed by atoms with Crippen molar-refractivity contribution >= 4 is 0 Å². The molecule has 0 aliphatic heterocycles. The molecule has 0 saturated carbocycles. The van der Waals surface area contributed by atoms with Crippen molar-refractivity contribution in [1.29, 1.82) is 0 Å². The van der Waals surface area contributed by atoms with Crippen LogP contribution in [-0.4, -0.2) is 9.97 Å². The van der Waals surface area contributed by atoms with Crippen LogP contribution < -0.4 is 5.11 Å². The van der Waals surface area contributed by atoms with Crippen molar-refractivity contribution in [3.63, 3.8) is 0 Å². The van der Waals surface area contributed by atoms with Gasteiger partial charge in [-0.1, -0.05) is 17.9 Å². The molecule has 2 aromatic rings. The number of hydrogen-bond acceptors (Lipinski definition) is 3. The molecule has 0 N–H and O–H groups in total. The fourth-order valence-electron chi connectivity index (χ4n) is 1.32. The van der Waals surface area contributed by atoms with Crippen LogP contribution in [-0.2, 0) is 6.18 Å². The van der Waals surface area contributed by atoms with Gasteiger partial charge in [-0.15, -0.1) is 0 Å². The summed E-state index contributed by atoms with van der Waals surface area (Å²) >= 11 is 0. The maximum atomic E-state index is 12.5. The summed E-state index contributed by atoms with van der Waals surface area (Å²) in [6.45, 7) is 0. The van der Waals surface area contributed by atoms with Crippen LogP contribution in [0.5, 0.6) is 5.75 Å². The topological polar surface area (TPSA) is 48.8 Å². The zero-order valence-corrected chi connectivity index (χ0v) is 8.40. The summed E-state index contributed by atoms with van der Waals surface area (Å²) in [6, 6.07) is 3.89. The normalized spacial score (nSPS) is 11.5. The molecule has 88 valence electrons. The fraction of sp³-hybridized carbons (Fsp3) is 0.0909. The van der Waals surface area contributed by atoms with Gasteiger partial charge in [-0.3, -0.25) is 0 Å². The second-order valence-corrected chi connectivity index (χ2v) is 3.28. The van der Waals surface area contributed by atoms with E-state index in [1.165, 1.54) is 18.5 Å². The second kappa shape index (κ2) is 4.04. The molecule has 6 heteroatoms. The third-order valence-electron chi connectivity index (χ3n) is 2.11. The number of alkyl halides is 3. The minimum Gasteiger partial charge on any atom is -0.872 e. The highest BCUT2D eigenvalue weighted by Gasteiger charge is 2.30. The molecule has 0 bridgehead atoms. The van der Waals surface area contributed by atoms with Crippen molar-refractivity contribution in [1.82, 2.24) is 9.97 Å². The molecule has 0 aliphatic rings. The van der Waals surface area contributed by atoms with Crippen LogP contribution in [0.4, 0.5) is 13.2 Å². The van der Waals surface area contributed by atoms with Crippen molar-refractivity contribution in [2.24, 2.45) is 0 Å². The highest BCUT2D eigenvalue weighted by Crippen LogP contribution is 2.34. The zero-order valence-electron chi connectivity index (χ0n) is 8.40. The Balaban J connectivity index is 2.55. The summed E-state index contributed by atoms with van der Waals surface area (Å²) < 4.78 is 37.4. The summed E-state index contributed by atoms with van der Waals surface area (Å²) in [5, 5.41) is 11.5. The van der Waals surface area contributed by atoms with E-state index in [4.69, 9.17) is 0 Å². The first-order valence-electron chi connectivity index (χ1n) is 4.64. The number of halogens is 3. The number of hydrogen-bond donors (Lipinski definition) is 0. The Morgan fingerprint density at radius 3 is 2.29 bits per heavy atom. The maximum Gasteiger partial charge on any atom is 0.416 e. The Morgan fingerprint density at radius 1 is 1.06 bits per heavy atom. The molecular weight excluding hydrogens is 233 g/mol. The van der Waals surface area contributed by atoms with Gasteiger partial charge in [0.15, 0.2) is 5.82 Å². The van der Waals surface area contributed by atoms with Crippen molar-refractivity contribution in [3.05, 3.63) is 42.2 Å². The van der Waals surface area contributed by atoms with Crippen LogP contribution in [0.15, 0.2) is 36.7 Å². The molecule has 0 aliphatic carbocycles. The molecule has 0 radical (unpaired) electrons. The van der Waals surface area contributed by atoms with Crippen molar-refractivity contribution in [3.8, 4) is 17.1 Å². The highest BCUT2D eigenvalue weighted by molar-refractivity contribution is 5.64. The van der Waals surface area contributed by atoms with Gasteiger partial charge in [0.1, 0.15) is 0 Å². The van der Waals surface area contributed by atoms with E-state index in [0.717, 1.165) is 18.2 Å². The molecule has 2 rings (SSSR count). The molecule has 17 heavy (non-hydrogen) atoms. The number of nitrogens with zero attached hydrogens (tertiary/aromatic N) is 2. The molecule has 0 atom stereocenters. The van der Waals surface area contributed by atoms with Gasteiger partial charge in [0.05, 0.1) is 5.56 Å². The SMILES string of the molecule is [O-]c1ccc(C(F)(F)F)cc1-c1ncccn1. The van der Waals surface area contributed by atoms with Crippen LogP contribution >= 0.6 is 0 Å². The summed E-state index contributed by atoms with van der Waals surface area (Å²) in [4.78, 5) is 7.51. The number of aromatic nitrogens is 2. The van der Waals surface area contributed by atoms with Gasteiger partial charge in [0, 0.05) is 18.0 Å². The van der Waals surface area contributed by atoms with Gasteiger partial charge >= 0.3 is 6.18 Å². The van der Waals surface area contributed by atoms with E-state index in [9.17, 15) is 18.3 Å². The van der Waals surface area contributed by atoms with E-state index in [1.54, 1.807) is 0 Å². The Bertz CT molecular complexity index is 526. The summed E-state index contributed by atoms with van der Waals surface area (Å²) in [6.07, 6.45) is -1.76. The van der Waals surface area contributed by atoms with Gasteiger partial charge < -0.3 is 5.11 Å². The van der Waals surface area contributed by atoms with Crippen LogP contribution in [0.1, 0.15) is 5.56 Å². The summed E-state index contributed by atoms with van der Waals surface area (Å²) in [5.74, 6) is -0.548. The smallest absolute Gasteiger partial charge is 0.416 e. The molecule has 1 aromatic heterocycles. The Morgan fingerprint density at radius 2 is 1.71 bits per heavy atom. The highest BCUT2D eigenvalue weighted by atomic mass is 19.4. The second-order valence-electron chi connectivity index (χ2n) is 3.28. The lowest BCUT2D eigenvalue weighted by Crippen LogP contribution is -2.06. The maximum absolute atomic E-state index is 12.5. The minimum atomic E-state index is -4.49. The van der Waals surface area contributed by atoms with Crippen molar-refractivity contribution < 1.29 is 18.3 Å². The molecule has 0 amide bonds. The molecule has 0 spiro atoms. The minimum absolute atomic E-state index is 0.0106. The molecule has 3 nitrogen and oxygen atoms in total. The predicted molar refractivity (Wildman–Crippen MR) is 51.9 cm³/mol. The first-order valence-corrected chi connectivity index (χ1v) is 4.64. The van der Waals surface area contributed by atoms with Gasteiger partial charge in [0.25, 0.3) is 0 Å². The lowest BCUT2D eigenvalue weighted by Gasteiger charge is -2.15. The van der Waals surface area contributed by atoms with Crippen LogP contribution in [0.25, 0.3) is 11.4 Å². The molecule has 1 heterocycles. The van der Waals surface area contributed by atoms with E-state index >= 15 is 0 Å². The quantitative estimate of drug-likeness (QED) is 0.766. The van der Waals surface area contributed by atoms with E-state index in [-0.39, 0.29) is 11.4 Å². The largest absolute Gasteiger partial charge is 0.872 e. The summed E-state index contributed by atoms with van der Waals surface area (Å²) in [5.41, 5.74) is -1.04. The van der Waals surface area contributed by atoms with Crippen molar-refractivity contribution in [2.45, 2.75) is 6.18 Å².